The van der Waals surface area contributed by atoms with E-state index in [1.54, 1.807) is 0 Å². The highest BCUT2D eigenvalue weighted by molar-refractivity contribution is 6.14. The molecule has 11 aromatic rings. The molecule has 0 amide bonds. The summed E-state index contributed by atoms with van der Waals surface area (Å²) in [7, 11) is 0. The molecule has 0 aliphatic carbocycles. The van der Waals surface area contributed by atoms with Gasteiger partial charge in [0.2, 0.25) is 0 Å². The van der Waals surface area contributed by atoms with E-state index in [0.29, 0.717) is 17.5 Å². The van der Waals surface area contributed by atoms with Crippen molar-refractivity contribution in [3.05, 3.63) is 188 Å². The van der Waals surface area contributed by atoms with E-state index in [1.807, 2.05) is 18.2 Å². The van der Waals surface area contributed by atoms with Crippen molar-refractivity contribution in [1.82, 2.24) is 24.1 Å². The fourth-order valence-corrected chi connectivity index (χ4v) is 8.04. The standard InChI is InChI=1S/C49H31N5/c1-3-14-32(15-4-1)47-50-48(52-49(51-47)36-26-27-45-41(30-36)39-22-9-11-24-43(39)53(45)37-19-5-2-6-20-37)35-18-13-21-38(28-35)54-44-25-12-10-23-40(44)42-29-33-16-7-8-17-34(33)31-46(42)54/h1-31H. The summed E-state index contributed by atoms with van der Waals surface area (Å²) in [5.74, 6) is 1.89. The van der Waals surface area contributed by atoms with Crippen molar-refractivity contribution >= 4 is 54.4 Å². The molecule has 0 aliphatic rings. The molecule has 0 aliphatic heterocycles. The second-order valence-corrected chi connectivity index (χ2v) is 13.7. The molecule has 0 fully saturated rings. The minimum atomic E-state index is 0.624. The Kier molecular flexibility index (Phi) is 6.79. The Bertz CT molecular complexity index is 3210. The predicted octanol–water partition coefficient (Wildman–Crippen LogP) is 12.2. The Morgan fingerprint density at radius 1 is 0.278 bits per heavy atom. The van der Waals surface area contributed by atoms with Crippen molar-refractivity contribution < 1.29 is 0 Å². The van der Waals surface area contributed by atoms with Crippen LogP contribution in [-0.4, -0.2) is 24.1 Å². The maximum Gasteiger partial charge on any atom is 0.164 e. The Labute approximate surface area is 311 Å². The first-order chi connectivity index (χ1) is 26.8. The molecule has 0 bridgehead atoms. The van der Waals surface area contributed by atoms with Gasteiger partial charge in [0.05, 0.1) is 22.1 Å². The number of nitrogens with zero attached hydrogens (tertiary/aromatic N) is 5. The molecular weight excluding hydrogens is 659 g/mol. The third-order valence-electron chi connectivity index (χ3n) is 10.5. The van der Waals surface area contributed by atoms with Crippen molar-refractivity contribution in [3.63, 3.8) is 0 Å². The van der Waals surface area contributed by atoms with E-state index in [1.165, 1.54) is 26.9 Å². The molecule has 5 heteroatoms. The van der Waals surface area contributed by atoms with E-state index >= 15 is 0 Å². The Morgan fingerprint density at radius 2 is 0.759 bits per heavy atom. The zero-order valence-electron chi connectivity index (χ0n) is 29.1. The largest absolute Gasteiger partial charge is 0.309 e. The third kappa shape index (κ3) is 4.83. The summed E-state index contributed by atoms with van der Waals surface area (Å²) in [6.07, 6.45) is 0. The normalized spacial score (nSPS) is 11.7. The molecule has 0 saturated heterocycles. The lowest BCUT2D eigenvalue weighted by Gasteiger charge is -2.12. The number of rotatable bonds is 5. The van der Waals surface area contributed by atoms with Crippen LogP contribution in [0.25, 0.3) is 99.9 Å². The van der Waals surface area contributed by atoms with Crippen LogP contribution in [0.3, 0.4) is 0 Å². The molecular formula is C49H31N5. The summed E-state index contributed by atoms with van der Waals surface area (Å²) in [6.45, 7) is 0. The zero-order chi connectivity index (χ0) is 35.6. The molecule has 0 unspecified atom stereocenters. The van der Waals surface area contributed by atoms with Crippen molar-refractivity contribution in [2.24, 2.45) is 0 Å². The zero-order valence-corrected chi connectivity index (χ0v) is 29.1. The van der Waals surface area contributed by atoms with Crippen LogP contribution in [-0.2, 0) is 0 Å². The highest BCUT2D eigenvalue weighted by Gasteiger charge is 2.18. The Morgan fingerprint density at radius 3 is 1.46 bits per heavy atom. The van der Waals surface area contributed by atoms with Crippen molar-refractivity contribution in [3.8, 4) is 45.5 Å². The van der Waals surface area contributed by atoms with E-state index in [4.69, 9.17) is 15.0 Å². The lowest BCUT2D eigenvalue weighted by atomic mass is 10.1. The van der Waals surface area contributed by atoms with Crippen molar-refractivity contribution in [2.75, 3.05) is 0 Å². The van der Waals surface area contributed by atoms with Gasteiger partial charge in [-0.2, -0.15) is 0 Å². The van der Waals surface area contributed by atoms with Crippen LogP contribution in [0.1, 0.15) is 0 Å². The number of hydrogen-bond acceptors (Lipinski definition) is 3. The number of benzene rings is 8. The van der Waals surface area contributed by atoms with Gasteiger partial charge in [0.1, 0.15) is 0 Å². The van der Waals surface area contributed by atoms with E-state index in [2.05, 4.69) is 179 Å². The summed E-state index contributed by atoms with van der Waals surface area (Å²) in [5.41, 5.74) is 9.58. The van der Waals surface area contributed by atoms with Crippen LogP contribution in [0, 0.1) is 0 Å². The van der Waals surface area contributed by atoms with Crippen LogP contribution < -0.4 is 0 Å². The van der Waals surface area contributed by atoms with Gasteiger partial charge < -0.3 is 9.13 Å². The van der Waals surface area contributed by atoms with E-state index in [9.17, 15) is 0 Å². The average molecular weight is 690 g/mol. The number of hydrogen-bond donors (Lipinski definition) is 0. The van der Waals surface area contributed by atoms with Crippen LogP contribution in [0.5, 0.6) is 0 Å². The SMILES string of the molecule is c1ccc(-c2nc(-c3cccc(-n4c5ccccc5c5cc6ccccc6cc54)c3)nc(-c3ccc4c(c3)c3ccccc3n4-c3ccccc3)n2)cc1. The minimum absolute atomic E-state index is 0.624. The van der Waals surface area contributed by atoms with Gasteiger partial charge in [-0.25, -0.2) is 15.0 Å². The van der Waals surface area contributed by atoms with Gasteiger partial charge in [-0.15, -0.1) is 0 Å². The van der Waals surface area contributed by atoms with Gasteiger partial charge in [-0.1, -0.05) is 121 Å². The fraction of sp³-hybridized carbons (Fsp3) is 0. The van der Waals surface area contributed by atoms with E-state index in [0.717, 1.165) is 55.5 Å². The van der Waals surface area contributed by atoms with Crippen LogP contribution >= 0.6 is 0 Å². The van der Waals surface area contributed by atoms with Gasteiger partial charge >= 0.3 is 0 Å². The summed E-state index contributed by atoms with van der Waals surface area (Å²) in [4.78, 5) is 15.4. The highest BCUT2D eigenvalue weighted by atomic mass is 15.0. The van der Waals surface area contributed by atoms with Gasteiger partial charge in [0.25, 0.3) is 0 Å². The fourth-order valence-electron chi connectivity index (χ4n) is 8.04. The monoisotopic (exact) mass is 689 g/mol. The lowest BCUT2D eigenvalue weighted by Crippen LogP contribution is -2.01. The molecule has 0 spiro atoms. The smallest absolute Gasteiger partial charge is 0.164 e. The van der Waals surface area contributed by atoms with Gasteiger partial charge in [0.15, 0.2) is 17.5 Å². The van der Waals surface area contributed by atoms with Crippen molar-refractivity contribution in [1.29, 1.82) is 0 Å². The Hall–Kier alpha value is -7.37. The molecule has 3 heterocycles. The maximum atomic E-state index is 5.20. The van der Waals surface area contributed by atoms with Crippen LogP contribution in [0.15, 0.2) is 188 Å². The highest BCUT2D eigenvalue weighted by Crippen LogP contribution is 2.37. The van der Waals surface area contributed by atoms with Crippen LogP contribution in [0.4, 0.5) is 0 Å². The van der Waals surface area contributed by atoms with E-state index in [-0.39, 0.29) is 0 Å². The average Bonchev–Trinajstić information content (AvgIpc) is 3.75. The molecule has 3 aromatic heterocycles. The maximum absolute atomic E-state index is 5.20. The molecule has 8 aromatic carbocycles. The molecule has 252 valence electrons. The molecule has 5 nitrogen and oxygen atoms in total. The number of aromatic nitrogens is 5. The van der Waals surface area contributed by atoms with Gasteiger partial charge in [-0.3, -0.25) is 0 Å². The minimum Gasteiger partial charge on any atom is -0.309 e. The topological polar surface area (TPSA) is 48.5 Å². The lowest BCUT2D eigenvalue weighted by molar-refractivity contribution is 1.07. The third-order valence-corrected chi connectivity index (χ3v) is 10.5. The second kappa shape index (κ2) is 12.1. The molecule has 0 N–H and O–H groups in total. The summed E-state index contributed by atoms with van der Waals surface area (Å²) >= 11 is 0. The molecule has 54 heavy (non-hydrogen) atoms. The second-order valence-electron chi connectivity index (χ2n) is 13.7. The quantitative estimate of drug-likeness (QED) is 0.181. The van der Waals surface area contributed by atoms with E-state index < -0.39 is 0 Å². The summed E-state index contributed by atoms with van der Waals surface area (Å²) in [5, 5.41) is 7.23. The molecule has 0 saturated carbocycles. The first-order valence-corrected chi connectivity index (χ1v) is 18.2. The number of para-hydroxylation sites is 3. The summed E-state index contributed by atoms with van der Waals surface area (Å²) in [6, 6.07) is 66.2. The molecule has 0 atom stereocenters. The summed E-state index contributed by atoms with van der Waals surface area (Å²) < 4.78 is 4.68. The molecule has 0 radical (unpaired) electrons. The van der Waals surface area contributed by atoms with Crippen LogP contribution in [0.2, 0.25) is 0 Å². The van der Waals surface area contributed by atoms with Gasteiger partial charge in [0, 0.05) is 49.6 Å². The molecule has 11 rings (SSSR count). The van der Waals surface area contributed by atoms with Crippen molar-refractivity contribution in [2.45, 2.75) is 0 Å². The van der Waals surface area contributed by atoms with Gasteiger partial charge in [-0.05, 0) is 77.5 Å². The first-order valence-electron chi connectivity index (χ1n) is 18.2. The first kappa shape index (κ1) is 30.3. The number of fused-ring (bicyclic) bond motifs is 7. The predicted molar refractivity (Wildman–Crippen MR) is 222 cm³/mol. The Balaban J connectivity index is 1.11.